The van der Waals surface area contributed by atoms with Crippen LogP contribution in [0.3, 0.4) is 0 Å². The molecule has 6 nitrogen and oxygen atoms in total. The Morgan fingerprint density at radius 1 is 1.35 bits per heavy atom. The van der Waals surface area contributed by atoms with Crippen LogP contribution in [0.25, 0.3) is 16.6 Å². The van der Waals surface area contributed by atoms with Gasteiger partial charge in [-0.25, -0.2) is 15.4 Å². The minimum atomic E-state index is -0.354. The molecule has 23 heavy (non-hydrogen) atoms. The second-order valence-electron chi connectivity index (χ2n) is 5.24. The first-order chi connectivity index (χ1) is 11.1. The number of allylic oxidation sites excluding steroid dienone is 1. The molecule has 2 N–H and O–H groups in total. The van der Waals surface area contributed by atoms with Gasteiger partial charge in [-0.3, -0.25) is 5.01 Å². The topological polar surface area (TPSA) is 85.1 Å². The summed E-state index contributed by atoms with van der Waals surface area (Å²) >= 11 is 6.02. The van der Waals surface area contributed by atoms with E-state index in [0.717, 1.165) is 0 Å². The maximum atomic E-state index is 10.5. The van der Waals surface area contributed by atoms with Gasteiger partial charge in [0.05, 0.1) is 17.1 Å². The van der Waals surface area contributed by atoms with Crippen molar-refractivity contribution in [2.24, 2.45) is 0 Å². The number of nitrogens with one attached hydrogen (secondary N) is 1. The van der Waals surface area contributed by atoms with Gasteiger partial charge in [0, 0.05) is 11.6 Å². The smallest absolute Gasteiger partial charge is 0.171 e. The number of fused-ring (bicyclic) bond motifs is 2. The Morgan fingerprint density at radius 3 is 2.78 bits per heavy atom. The van der Waals surface area contributed by atoms with E-state index >= 15 is 0 Å². The Bertz CT molecular complexity index is 842. The van der Waals surface area contributed by atoms with E-state index in [9.17, 15) is 10.4 Å². The quantitative estimate of drug-likeness (QED) is 0.880. The highest BCUT2D eigenvalue weighted by Gasteiger charge is 2.29. The second kappa shape index (κ2) is 6.03. The third kappa shape index (κ3) is 2.58. The lowest BCUT2D eigenvalue weighted by molar-refractivity contribution is 0.335. The van der Waals surface area contributed by atoms with E-state index in [-0.39, 0.29) is 17.4 Å². The molecule has 1 aromatic heterocycles. The maximum Gasteiger partial charge on any atom is 0.171 e. The summed E-state index contributed by atoms with van der Waals surface area (Å²) in [6.45, 7) is 4.51. The molecule has 0 spiro atoms. The number of aliphatic hydroxyl groups is 1. The van der Waals surface area contributed by atoms with Gasteiger partial charge in [0.1, 0.15) is 23.1 Å². The SMILES string of the molecule is CCC1NN(CC)c2nc3ccc(Cl)cc3nc2C(C#N)=C1O. The molecular formula is C16H16ClN5O. The van der Waals surface area contributed by atoms with Crippen molar-refractivity contribution in [1.29, 1.82) is 5.26 Å². The second-order valence-corrected chi connectivity index (χ2v) is 5.67. The third-order valence-electron chi connectivity index (χ3n) is 3.83. The zero-order valence-corrected chi connectivity index (χ0v) is 13.6. The van der Waals surface area contributed by atoms with Gasteiger partial charge >= 0.3 is 0 Å². The lowest BCUT2D eigenvalue weighted by atomic mass is 10.1. The van der Waals surface area contributed by atoms with E-state index in [2.05, 4.69) is 21.5 Å². The van der Waals surface area contributed by atoms with Crippen LogP contribution in [-0.4, -0.2) is 27.7 Å². The first-order valence-corrected chi connectivity index (χ1v) is 7.81. The first kappa shape index (κ1) is 15.5. The zero-order chi connectivity index (χ0) is 16.6. The fourth-order valence-corrected chi connectivity index (χ4v) is 2.78. The van der Waals surface area contributed by atoms with Gasteiger partial charge in [-0.2, -0.15) is 5.26 Å². The molecule has 1 aliphatic rings. The predicted octanol–water partition coefficient (Wildman–Crippen LogP) is 3.20. The summed E-state index contributed by atoms with van der Waals surface area (Å²) in [5.41, 5.74) is 4.98. The van der Waals surface area contributed by atoms with Crippen molar-refractivity contribution in [3.63, 3.8) is 0 Å². The molecule has 2 heterocycles. The fraction of sp³-hybridized carbons (Fsp3) is 0.312. The summed E-state index contributed by atoms with van der Waals surface area (Å²) < 4.78 is 0. The molecule has 1 aliphatic heterocycles. The molecule has 0 saturated heterocycles. The van der Waals surface area contributed by atoms with Crippen LogP contribution in [-0.2, 0) is 0 Å². The lowest BCUT2D eigenvalue weighted by Gasteiger charge is -2.26. The van der Waals surface area contributed by atoms with Crippen LogP contribution in [0, 0.1) is 11.3 Å². The number of nitriles is 1. The number of nitrogens with zero attached hydrogens (tertiary/aromatic N) is 4. The predicted molar refractivity (Wildman–Crippen MR) is 89.9 cm³/mol. The highest BCUT2D eigenvalue weighted by atomic mass is 35.5. The molecule has 1 unspecified atom stereocenters. The molecule has 118 valence electrons. The number of halogens is 1. The highest BCUT2D eigenvalue weighted by Crippen LogP contribution is 2.31. The summed E-state index contributed by atoms with van der Waals surface area (Å²) in [4.78, 5) is 9.15. The average molecular weight is 330 g/mol. The lowest BCUT2D eigenvalue weighted by Crippen LogP contribution is -2.45. The van der Waals surface area contributed by atoms with Gasteiger partial charge < -0.3 is 5.11 Å². The Hall–Kier alpha value is -2.36. The summed E-state index contributed by atoms with van der Waals surface area (Å²) in [7, 11) is 0. The van der Waals surface area contributed by atoms with E-state index in [1.165, 1.54) is 0 Å². The van der Waals surface area contributed by atoms with Crippen LogP contribution in [0.1, 0.15) is 26.0 Å². The van der Waals surface area contributed by atoms with Crippen LogP contribution in [0.4, 0.5) is 5.82 Å². The number of hydrogen-bond acceptors (Lipinski definition) is 6. The van der Waals surface area contributed by atoms with Crippen molar-refractivity contribution in [2.75, 3.05) is 11.6 Å². The van der Waals surface area contributed by atoms with E-state index in [0.29, 0.717) is 40.5 Å². The van der Waals surface area contributed by atoms with Crippen molar-refractivity contribution in [2.45, 2.75) is 26.3 Å². The average Bonchev–Trinajstić information content (AvgIpc) is 2.66. The van der Waals surface area contributed by atoms with Gasteiger partial charge in [0.2, 0.25) is 0 Å². The van der Waals surface area contributed by atoms with Crippen molar-refractivity contribution in [1.82, 2.24) is 15.4 Å². The van der Waals surface area contributed by atoms with Gasteiger partial charge in [-0.15, -0.1) is 0 Å². The number of benzene rings is 1. The first-order valence-electron chi connectivity index (χ1n) is 7.43. The molecule has 0 saturated carbocycles. The molecule has 0 radical (unpaired) electrons. The van der Waals surface area contributed by atoms with Crippen LogP contribution < -0.4 is 10.4 Å². The number of hydrazine groups is 1. The molecule has 0 amide bonds. The molecule has 3 rings (SSSR count). The number of hydrogen-bond donors (Lipinski definition) is 2. The van der Waals surface area contributed by atoms with E-state index in [4.69, 9.17) is 11.6 Å². The van der Waals surface area contributed by atoms with Crippen molar-refractivity contribution in [3.8, 4) is 6.07 Å². The fourth-order valence-electron chi connectivity index (χ4n) is 2.62. The summed E-state index contributed by atoms with van der Waals surface area (Å²) in [5, 5.41) is 22.3. The highest BCUT2D eigenvalue weighted by molar-refractivity contribution is 6.31. The van der Waals surface area contributed by atoms with Crippen LogP contribution in [0.15, 0.2) is 24.0 Å². The number of aromatic nitrogens is 2. The summed E-state index contributed by atoms with van der Waals surface area (Å²) in [6, 6.07) is 6.94. The number of aliphatic hydroxyl groups excluding tert-OH is 1. The minimum absolute atomic E-state index is 0.0112. The van der Waals surface area contributed by atoms with E-state index in [1.54, 1.807) is 18.2 Å². The largest absolute Gasteiger partial charge is 0.509 e. The molecular weight excluding hydrogens is 314 g/mol. The van der Waals surface area contributed by atoms with E-state index < -0.39 is 0 Å². The Kier molecular flexibility index (Phi) is 4.07. The molecule has 2 aromatic rings. The van der Waals surface area contributed by atoms with Crippen molar-refractivity contribution in [3.05, 3.63) is 34.7 Å². The third-order valence-corrected chi connectivity index (χ3v) is 4.07. The van der Waals surface area contributed by atoms with E-state index in [1.807, 2.05) is 18.9 Å². The standard InChI is InChI=1S/C16H16ClN5O/c1-3-11-15(23)10(8-18)14-16(22(4-2)21-11)20-12-6-5-9(17)7-13(12)19-14/h5-7,11,21,23H,3-4H2,1-2H3. The molecule has 7 heteroatoms. The molecule has 0 bridgehead atoms. The molecule has 1 aromatic carbocycles. The summed E-state index contributed by atoms with van der Waals surface area (Å²) in [5.74, 6) is 0.518. The molecule has 0 aliphatic carbocycles. The van der Waals surface area contributed by atoms with Gasteiger partial charge in [-0.05, 0) is 31.5 Å². The van der Waals surface area contributed by atoms with Gasteiger partial charge in [-0.1, -0.05) is 18.5 Å². The van der Waals surface area contributed by atoms with Gasteiger partial charge in [0.25, 0.3) is 0 Å². The van der Waals surface area contributed by atoms with Crippen LogP contribution in [0.2, 0.25) is 5.02 Å². The van der Waals surface area contributed by atoms with Gasteiger partial charge in [0.15, 0.2) is 5.82 Å². The maximum absolute atomic E-state index is 10.5. The normalized spacial score (nSPS) is 17.8. The van der Waals surface area contributed by atoms with Crippen molar-refractivity contribution >= 4 is 34.0 Å². The summed E-state index contributed by atoms with van der Waals surface area (Å²) in [6.07, 6.45) is 0.632. The zero-order valence-electron chi connectivity index (χ0n) is 12.8. The van der Waals surface area contributed by atoms with Crippen LogP contribution in [0.5, 0.6) is 0 Å². The number of rotatable bonds is 2. The van der Waals surface area contributed by atoms with Crippen LogP contribution >= 0.6 is 11.6 Å². The molecule has 1 atom stereocenters. The number of anilines is 1. The monoisotopic (exact) mass is 329 g/mol. The Labute approximate surface area is 139 Å². The molecule has 0 fully saturated rings. The van der Waals surface area contributed by atoms with Crippen molar-refractivity contribution < 1.29 is 5.11 Å². The minimum Gasteiger partial charge on any atom is -0.509 e. The Balaban J connectivity index is 2.33. The Morgan fingerprint density at radius 2 is 2.13 bits per heavy atom.